The van der Waals surface area contributed by atoms with Crippen molar-refractivity contribution in [1.29, 1.82) is 0 Å². The molecule has 2 fully saturated rings. The first-order valence-electron chi connectivity index (χ1n) is 11.2. The van der Waals surface area contributed by atoms with E-state index in [1.54, 1.807) is 4.90 Å². The summed E-state index contributed by atoms with van der Waals surface area (Å²) in [4.78, 5) is 32.9. The van der Waals surface area contributed by atoms with Crippen molar-refractivity contribution in [1.82, 2.24) is 24.4 Å². The first-order valence-corrected chi connectivity index (χ1v) is 11.2. The molecule has 1 atom stereocenters. The van der Waals surface area contributed by atoms with Gasteiger partial charge in [0.2, 0.25) is 0 Å². The lowest BCUT2D eigenvalue weighted by molar-refractivity contribution is 0.203. The minimum Gasteiger partial charge on any atom is -0.355 e. The van der Waals surface area contributed by atoms with Crippen LogP contribution < -0.4 is 9.80 Å². The fourth-order valence-electron chi connectivity index (χ4n) is 4.49. The van der Waals surface area contributed by atoms with E-state index in [0.717, 1.165) is 49.1 Å². The van der Waals surface area contributed by atoms with Gasteiger partial charge in [0.1, 0.15) is 23.3 Å². The van der Waals surface area contributed by atoms with E-state index in [2.05, 4.69) is 53.3 Å². The molecular weight excluding hydrogens is 390 g/mol. The largest absolute Gasteiger partial charge is 0.355 e. The van der Waals surface area contributed by atoms with Crippen molar-refractivity contribution < 1.29 is 4.79 Å². The Morgan fingerprint density at radius 1 is 1.16 bits per heavy atom. The van der Waals surface area contributed by atoms with Gasteiger partial charge in [0, 0.05) is 45.3 Å². The minimum atomic E-state index is 0.0416. The van der Waals surface area contributed by atoms with Gasteiger partial charge in [0.15, 0.2) is 0 Å². The zero-order chi connectivity index (χ0) is 22.3. The van der Waals surface area contributed by atoms with Gasteiger partial charge in [0.05, 0.1) is 17.3 Å². The number of carbonyl (C=O) groups is 1. The topological polar surface area (TPSA) is 70.4 Å². The average Bonchev–Trinajstić information content (AvgIpc) is 3.21. The van der Waals surface area contributed by atoms with Crippen LogP contribution in [0.5, 0.6) is 0 Å². The van der Waals surface area contributed by atoms with Crippen molar-refractivity contribution in [3.8, 4) is 0 Å². The molecule has 0 aromatic carbocycles. The Kier molecular flexibility index (Phi) is 5.73. The van der Waals surface area contributed by atoms with Crippen LogP contribution in [0.4, 0.5) is 16.4 Å². The number of hydrogen-bond donors (Lipinski definition) is 0. The predicted molar refractivity (Wildman–Crippen MR) is 124 cm³/mol. The predicted octanol–water partition coefficient (Wildman–Crippen LogP) is 3.50. The van der Waals surface area contributed by atoms with Gasteiger partial charge in [0.25, 0.3) is 0 Å². The summed E-state index contributed by atoms with van der Waals surface area (Å²) >= 11 is 0. The summed E-state index contributed by atoms with van der Waals surface area (Å²) in [6.07, 6.45) is 5.11. The van der Waals surface area contributed by atoms with Crippen LogP contribution in [0.25, 0.3) is 6.08 Å². The van der Waals surface area contributed by atoms with E-state index in [9.17, 15) is 4.79 Å². The lowest BCUT2D eigenvalue weighted by Crippen LogP contribution is -2.46. The number of nitrogens with zero attached hydrogens (tertiary/aromatic N) is 7. The van der Waals surface area contributed by atoms with Crippen LogP contribution in [0.15, 0.2) is 12.1 Å². The van der Waals surface area contributed by atoms with E-state index in [4.69, 9.17) is 4.98 Å². The van der Waals surface area contributed by atoms with Crippen LogP contribution in [0, 0.1) is 13.8 Å². The first kappa shape index (κ1) is 21.3. The highest BCUT2D eigenvalue weighted by atomic mass is 16.2. The van der Waals surface area contributed by atoms with Crippen molar-refractivity contribution in [2.24, 2.45) is 7.05 Å². The Labute approximate surface area is 184 Å². The molecule has 4 rings (SSSR count). The molecule has 0 N–H and O–H groups in total. The van der Waals surface area contributed by atoms with Crippen LogP contribution in [-0.4, -0.2) is 62.7 Å². The molecule has 166 valence electrons. The number of hydrogen-bond acceptors (Lipinski definition) is 5. The van der Waals surface area contributed by atoms with E-state index in [0.29, 0.717) is 24.1 Å². The number of aryl methyl sites for hydroxylation is 2. The Hall–Kier alpha value is -2.90. The zero-order valence-corrected chi connectivity index (χ0v) is 19.5. The molecule has 4 heterocycles. The first-order chi connectivity index (χ1) is 14.8. The summed E-state index contributed by atoms with van der Waals surface area (Å²) in [5.74, 6) is 3.76. The molecule has 8 heteroatoms. The Morgan fingerprint density at radius 3 is 2.55 bits per heavy atom. The van der Waals surface area contributed by atoms with Gasteiger partial charge < -0.3 is 14.4 Å². The number of carbonyl (C=O) groups excluding carboxylic acids is 1. The number of amides is 2. The molecule has 31 heavy (non-hydrogen) atoms. The molecule has 1 unspecified atom stereocenters. The normalized spacial score (nSPS) is 18.4. The third kappa shape index (κ3) is 3.79. The second kappa shape index (κ2) is 8.32. The molecule has 0 aliphatic carbocycles. The average molecular weight is 424 g/mol. The van der Waals surface area contributed by atoms with E-state index >= 15 is 0 Å². The maximum Gasteiger partial charge on any atom is 0.326 e. The van der Waals surface area contributed by atoms with E-state index < -0.39 is 0 Å². The summed E-state index contributed by atoms with van der Waals surface area (Å²) in [5.41, 5.74) is 2.22. The number of imidazole rings is 1. The van der Waals surface area contributed by atoms with Crippen LogP contribution in [0.1, 0.15) is 56.1 Å². The summed E-state index contributed by atoms with van der Waals surface area (Å²) in [7, 11) is 2.09. The van der Waals surface area contributed by atoms with E-state index in [1.165, 1.54) is 0 Å². The number of urea groups is 1. The highest BCUT2D eigenvalue weighted by Gasteiger charge is 2.36. The molecular formula is C23H33N7O. The van der Waals surface area contributed by atoms with Crippen LogP contribution in [0.3, 0.4) is 0 Å². The van der Waals surface area contributed by atoms with Gasteiger partial charge in [-0.2, -0.15) is 0 Å². The minimum absolute atomic E-state index is 0.0416. The highest BCUT2D eigenvalue weighted by Crippen LogP contribution is 2.33. The van der Waals surface area contributed by atoms with Crippen LogP contribution in [0.2, 0.25) is 0 Å². The third-order valence-electron chi connectivity index (χ3n) is 6.50. The van der Waals surface area contributed by atoms with Gasteiger partial charge in [-0.15, -0.1) is 0 Å². The van der Waals surface area contributed by atoms with E-state index in [-0.39, 0.29) is 12.1 Å². The van der Waals surface area contributed by atoms with Gasteiger partial charge in [-0.05, 0) is 40.2 Å². The Balaban J connectivity index is 1.50. The molecule has 0 spiro atoms. The maximum absolute atomic E-state index is 12.9. The SMILES string of the molecule is C/C=C\c1c(C)nc(C2CN(c3cc(N4CCN(C(C)CC)C4=O)nc(C)n3)C2)n1C. The molecule has 2 aromatic heterocycles. The van der Waals surface area contributed by atoms with Crippen molar-refractivity contribution in [2.75, 3.05) is 36.0 Å². The summed E-state index contributed by atoms with van der Waals surface area (Å²) in [6, 6.07) is 2.24. The zero-order valence-electron chi connectivity index (χ0n) is 19.5. The Bertz CT molecular complexity index is 1010. The van der Waals surface area contributed by atoms with Gasteiger partial charge in [-0.3, -0.25) is 4.90 Å². The number of allylic oxidation sites excluding steroid dienone is 1. The molecule has 2 aromatic rings. The molecule has 0 radical (unpaired) electrons. The molecule has 2 aliphatic rings. The summed E-state index contributed by atoms with van der Waals surface area (Å²) < 4.78 is 2.19. The molecule has 8 nitrogen and oxygen atoms in total. The van der Waals surface area contributed by atoms with Crippen molar-refractivity contribution in [3.63, 3.8) is 0 Å². The monoisotopic (exact) mass is 423 g/mol. The second-order valence-corrected chi connectivity index (χ2v) is 8.62. The van der Waals surface area contributed by atoms with Crippen LogP contribution in [-0.2, 0) is 7.05 Å². The standard InChI is InChI=1S/C23H33N7O/c1-7-9-19-16(4)24-22(27(19)6)18-13-28(14-18)20-12-21(26-17(5)25-20)30-11-10-29(23(30)31)15(3)8-2/h7,9,12,15,18H,8,10-11,13-14H2,1-6H3/b9-7-. The summed E-state index contributed by atoms with van der Waals surface area (Å²) in [6.45, 7) is 13.3. The Morgan fingerprint density at radius 2 is 1.87 bits per heavy atom. The maximum atomic E-state index is 12.9. The van der Waals surface area contributed by atoms with E-state index in [1.807, 2.05) is 30.9 Å². The van der Waals surface area contributed by atoms with Crippen LogP contribution >= 0.6 is 0 Å². The van der Waals surface area contributed by atoms with Gasteiger partial charge in [-0.1, -0.05) is 13.0 Å². The van der Waals surface area contributed by atoms with Crippen molar-refractivity contribution >= 4 is 23.7 Å². The smallest absolute Gasteiger partial charge is 0.326 e. The molecule has 2 amide bonds. The lowest BCUT2D eigenvalue weighted by Gasteiger charge is -2.40. The van der Waals surface area contributed by atoms with Gasteiger partial charge >= 0.3 is 6.03 Å². The highest BCUT2D eigenvalue weighted by molar-refractivity contribution is 5.93. The fourth-order valence-corrected chi connectivity index (χ4v) is 4.49. The van der Waals surface area contributed by atoms with Crippen molar-refractivity contribution in [3.05, 3.63) is 35.2 Å². The molecule has 2 aliphatic heterocycles. The summed E-state index contributed by atoms with van der Waals surface area (Å²) in [5, 5.41) is 0. The van der Waals surface area contributed by atoms with Crippen molar-refractivity contribution in [2.45, 2.75) is 53.0 Å². The molecule has 2 saturated heterocycles. The molecule has 0 bridgehead atoms. The quantitative estimate of drug-likeness (QED) is 0.711. The van der Waals surface area contributed by atoms with Gasteiger partial charge in [-0.25, -0.2) is 19.7 Å². The number of anilines is 2. The third-order valence-corrected chi connectivity index (χ3v) is 6.50. The number of aromatic nitrogens is 4. The molecule has 0 saturated carbocycles. The lowest BCUT2D eigenvalue weighted by atomic mass is 9.99. The fraction of sp³-hybridized carbons (Fsp3) is 0.565. The second-order valence-electron chi connectivity index (χ2n) is 8.62. The number of rotatable bonds is 6.